The topological polar surface area (TPSA) is 124 Å². The highest BCUT2D eigenvalue weighted by molar-refractivity contribution is 5.68. The number of carbonyl (C=O) groups is 4. The minimum Gasteiger partial charge on any atom is -0.463 e. The lowest BCUT2D eigenvalue weighted by Crippen LogP contribution is -2.67. The van der Waals surface area contributed by atoms with E-state index >= 15 is 0 Å². The SMILES string of the molecule is C=C(C)[C@@H]1CC[C@]2(CO[C@H]3C[C@@H](OC(C)=O)[C@H](OC(C)=O)[C@@H](COC(C)=O)O3)CC[C@]3(C)[C@H](CCC4[C@@]5(C)CC[C@@H](OC(C)=O)C(C)(C)[C@@H]5CC[C@]43C)[C@@H]12. The van der Waals surface area contributed by atoms with Crippen LogP contribution in [-0.2, 0) is 47.6 Å². The Balaban J connectivity index is 1.25. The summed E-state index contributed by atoms with van der Waals surface area (Å²) in [6.45, 7) is 25.1. The largest absolute Gasteiger partial charge is 0.463 e. The van der Waals surface area contributed by atoms with Crippen LogP contribution in [-0.4, -0.2) is 67.8 Å². The Labute approximate surface area is 323 Å². The maximum Gasteiger partial charge on any atom is 0.303 e. The van der Waals surface area contributed by atoms with Crippen molar-refractivity contribution in [3.63, 3.8) is 0 Å². The van der Waals surface area contributed by atoms with Gasteiger partial charge in [0.2, 0.25) is 0 Å². The molecule has 0 aromatic rings. The third kappa shape index (κ3) is 6.96. The molecule has 1 unspecified atom stereocenters. The molecule has 1 heterocycles. The Bertz CT molecular complexity index is 1490. The molecular formula is C44H68O10. The third-order valence-electron chi connectivity index (χ3n) is 16.6. The summed E-state index contributed by atoms with van der Waals surface area (Å²) in [5, 5.41) is 0. The molecule has 0 bridgehead atoms. The van der Waals surface area contributed by atoms with E-state index < -0.39 is 42.5 Å². The number of carbonyl (C=O) groups excluding carboxylic acids is 4. The van der Waals surface area contributed by atoms with Gasteiger partial charge in [0.05, 0.1) is 6.61 Å². The van der Waals surface area contributed by atoms with Crippen molar-refractivity contribution >= 4 is 23.9 Å². The lowest BCUT2D eigenvalue weighted by molar-refractivity contribution is -0.282. The van der Waals surface area contributed by atoms with Crippen molar-refractivity contribution in [2.45, 2.75) is 171 Å². The minimum atomic E-state index is -0.929. The Hall–Kier alpha value is -2.46. The highest BCUT2D eigenvalue weighted by Crippen LogP contribution is 2.77. The van der Waals surface area contributed by atoms with E-state index in [0.717, 1.165) is 44.9 Å². The second kappa shape index (κ2) is 14.8. The lowest BCUT2D eigenvalue weighted by Gasteiger charge is -2.73. The van der Waals surface area contributed by atoms with E-state index in [0.29, 0.717) is 36.2 Å². The van der Waals surface area contributed by atoms with Gasteiger partial charge in [0, 0.05) is 39.5 Å². The van der Waals surface area contributed by atoms with Gasteiger partial charge in [-0.25, -0.2) is 0 Å². The number of hydrogen-bond acceptors (Lipinski definition) is 10. The van der Waals surface area contributed by atoms with E-state index in [1.165, 1.54) is 45.6 Å². The first-order valence-corrected chi connectivity index (χ1v) is 20.8. The van der Waals surface area contributed by atoms with E-state index in [9.17, 15) is 19.2 Å². The fraction of sp³-hybridized carbons (Fsp3) is 0.864. The molecule has 6 fully saturated rings. The zero-order chi connectivity index (χ0) is 39.6. The average molecular weight is 757 g/mol. The summed E-state index contributed by atoms with van der Waals surface area (Å²) in [6.07, 6.45) is 7.97. The van der Waals surface area contributed by atoms with Gasteiger partial charge >= 0.3 is 23.9 Å². The molecule has 6 rings (SSSR count). The molecule has 6 aliphatic rings. The quantitative estimate of drug-likeness (QED) is 0.129. The standard InChI is InChI=1S/C44H68O10/c1-25(2)30-14-19-44(24-50-37-22-32(51-27(4)46)39(53-29(6)48)33(54-37)23-49-26(3)45)21-20-42(10)31(38(30)44)12-13-35-41(9)17-16-36(52-28(5)47)40(7,8)34(41)15-18-43(35,42)11/h30-39H,1,12-24H2,2-11H3/t30-,31+,32+,33+,34-,35?,36+,37+,38+,39-,41-,42+,43+,44+/m0/s1. The number of fused-ring (bicyclic) bond motifs is 7. The fourth-order valence-electron chi connectivity index (χ4n) is 14.2. The molecule has 0 N–H and O–H groups in total. The van der Waals surface area contributed by atoms with Gasteiger partial charge in [-0.15, -0.1) is 0 Å². The van der Waals surface area contributed by atoms with Crippen molar-refractivity contribution in [1.29, 1.82) is 0 Å². The smallest absolute Gasteiger partial charge is 0.303 e. The average Bonchev–Trinajstić information content (AvgIpc) is 3.45. The van der Waals surface area contributed by atoms with Crippen LogP contribution in [0.1, 0.15) is 140 Å². The Morgan fingerprint density at radius 2 is 1.39 bits per heavy atom. The number of hydrogen-bond donors (Lipinski definition) is 0. The molecule has 54 heavy (non-hydrogen) atoms. The zero-order valence-electron chi connectivity index (χ0n) is 34.8. The maximum atomic E-state index is 12.2. The number of rotatable bonds is 9. The Morgan fingerprint density at radius 3 is 2.02 bits per heavy atom. The van der Waals surface area contributed by atoms with Gasteiger partial charge in [-0.2, -0.15) is 0 Å². The minimum absolute atomic E-state index is 0.0311. The summed E-state index contributed by atoms with van der Waals surface area (Å²) >= 11 is 0. The van der Waals surface area contributed by atoms with Crippen LogP contribution in [0.15, 0.2) is 12.2 Å². The van der Waals surface area contributed by atoms with Crippen molar-refractivity contribution in [3.05, 3.63) is 12.2 Å². The van der Waals surface area contributed by atoms with E-state index in [4.69, 9.17) is 28.4 Å². The molecule has 0 aromatic heterocycles. The lowest BCUT2D eigenvalue weighted by atomic mass is 9.32. The second-order valence-corrected chi connectivity index (χ2v) is 19.7. The molecule has 10 nitrogen and oxygen atoms in total. The predicted octanol–water partition coefficient (Wildman–Crippen LogP) is 8.13. The van der Waals surface area contributed by atoms with Gasteiger partial charge in [0.25, 0.3) is 0 Å². The monoisotopic (exact) mass is 756 g/mol. The molecule has 0 amide bonds. The summed E-state index contributed by atoms with van der Waals surface area (Å²) in [4.78, 5) is 48.2. The van der Waals surface area contributed by atoms with Crippen LogP contribution in [0.25, 0.3) is 0 Å². The molecule has 0 spiro atoms. The third-order valence-corrected chi connectivity index (χ3v) is 16.6. The van der Waals surface area contributed by atoms with Gasteiger partial charge in [-0.1, -0.05) is 46.8 Å². The molecule has 1 saturated heterocycles. The summed E-state index contributed by atoms with van der Waals surface area (Å²) in [5.74, 6) is 0.769. The first-order chi connectivity index (χ1) is 25.2. The molecule has 1 aliphatic heterocycles. The number of esters is 4. The van der Waals surface area contributed by atoms with Crippen LogP contribution < -0.4 is 0 Å². The highest BCUT2D eigenvalue weighted by atomic mass is 16.7. The van der Waals surface area contributed by atoms with Crippen LogP contribution >= 0.6 is 0 Å². The normalized spacial score (nSPS) is 45.0. The first kappa shape index (κ1) is 41.2. The van der Waals surface area contributed by atoms with E-state index in [2.05, 4.69) is 48.1 Å². The van der Waals surface area contributed by atoms with Crippen molar-refractivity contribution in [2.75, 3.05) is 13.2 Å². The van der Waals surface area contributed by atoms with Crippen LogP contribution in [0.3, 0.4) is 0 Å². The summed E-state index contributed by atoms with van der Waals surface area (Å²) in [7, 11) is 0. The zero-order valence-corrected chi connectivity index (χ0v) is 34.8. The highest BCUT2D eigenvalue weighted by Gasteiger charge is 2.71. The number of ether oxygens (including phenoxy) is 6. The van der Waals surface area contributed by atoms with E-state index in [-0.39, 0.29) is 52.2 Å². The molecule has 10 heteroatoms. The molecule has 5 saturated carbocycles. The van der Waals surface area contributed by atoms with E-state index in [1.54, 1.807) is 6.92 Å². The van der Waals surface area contributed by atoms with Gasteiger partial charge in [0.1, 0.15) is 24.9 Å². The van der Waals surface area contributed by atoms with Crippen LogP contribution in [0.4, 0.5) is 0 Å². The van der Waals surface area contributed by atoms with Crippen LogP contribution in [0.2, 0.25) is 0 Å². The van der Waals surface area contributed by atoms with Crippen molar-refractivity contribution in [1.82, 2.24) is 0 Å². The Morgan fingerprint density at radius 1 is 0.704 bits per heavy atom. The maximum absolute atomic E-state index is 12.2. The van der Waals surface area contributed by atoms with Crippen LogP contribution in [0, 0.1) is 56.7 Å². The summed E-state index contributed by atoms with van der Waals surface area (Å²) in [5.41, 5.74) is 1.65. The summed E-state index contributed by atoms with van der Waals surface area (Å²) in [6, 6.07) is 0. The number of allylic oxidation sites excluding steroid dienone is 1. The first-order valence-electron chi connectivity index (χ1n) is 20.8. The molecule has 5 aliphatic carbocycles. The fourth-order valence-corrected chi connectivity index (χ4v) is 14.2. The molecule has 0 radical (unpaired) electrons. The summed E-state index contributed by atoms with van der Waals surface area (Å²) < 4.78 is 35.7. The second-order valence-electron chi connectivity index (χ2n) is 19.7. The predicted molar refractivity (Wildman–Crippen MR) is 201 cm³/mol. The van der Waals surface area contributed by atoms with Crippen molar-refractivity contribution < 1.29 is 47.6 Å². The van der Waals surface area contributed by atoms with Gasteiger partial charge in [-0.3, -0.25) is 19.2 Å². The molecule has 304 valence electrons. The van der Waals surface area contributed by atoms with Gasteiger partial charge in [-0.05, 0) is 122 Å². The van der Waals surface area contributed by atoms with Crippen molar-refractivity contribution in [2.24, 2.45) is 56.7 Å². The van der Waals surface area contributed by atoms with Crippen LogP contribution in [0.5, 0.6) is 0 Å². The van der Waals surface area contributed by atoms with Gasteiger partial charge in [0.15, 0.2) is 12.4 Å². The van der Waals surface area contributed by atoms with E-state index in [1.807, 2.05) is 0 Å². The molecule has 0 aromatic carbocycles. The molecular weight excluding hydrogens is 688 g/mol. The Kier molecular flexibility index (Phi) is 11.3. The van der Waals surface area contributed by atoms with Crippen molar-refractivity contribution in [3.8, 4) is 0 Å². The van der Waals surface area contributed by atoms with Gasteiger partial charge < -0.3 is 28.4 Å². The molecule has 14 atom stereocenters.